The lowest BCUT2D eigenvalue weighted by atomic mass is 10.2. The van der Waals surface area contributed by atoms with E-state index in [1.165, 1.54) is 0 Å². The number of rotatable bonds is 8. The number of carbonyl (C=O) groups excluding carboxylic acids is 1. The van der Waals surface area contributed by atoms with E-state index in [-0.39, 0.29) is 5.91 Å². The maximum absolute atomic E-state index is 12.3. The van der Waals surface area contributed by atoms with Crippen molar-refractivity contribution in [1.82, 2.24) is 0 Å². The largest absolute Gasteiger partial charge is 0.495 e. The first kappa shape index (κ1) is 19.1. The summed E-state index contributed by atoms with van der Waals surface area (Å²) in [4.78, 5) is 13.4. The second-order valence-electron chi connectivity index (χ2n) is 5.74. The van der Waals surface area contributed by atoms with Crippen LogP contribution >= 0.6 is 11.6 Å². The molecule has 0 saturated carbocycles. The van der Waals surface area contributed by atoms with Crippen LogP contribution in [0.3, 0.4) is 0 Å². The molecule has 0 bridgehead atoms. The van der Waals surface area contributed by atoms with Crippen LogP contribution in [-0.4, -0.2) is 33.2 Å². The number of ether oxygens (including phenoxy) is 2. The van der Waals surface area contributed by atoms with Gasteiger partial charge in [-0.25, -0.2) is 0 Å². The lowest BCUT2D eigenvalue weighted by molar-refractivity contribution is -0.885. The fourth-order valence-corrected chi connectivity index (χ4v) is 2.75. The van der Waals surface area contributed by atoms with Crippen molar-refractivity contribution in [2.45, 2.75) is 13.5 Å². The standard InChI is InChI=1S/C19H23ClN2O3/c1-4-25-17-8-6-5-7-14(17)12-22(2)13-19(23)21-16-11-15(20)9-10-18(16)24-3/h5-11H,4,12-13H2,1-3H3,(H,21,23)/p+1. The summed E-state index contributed by atoms with van der Waals surface area (Å²) in [5, 5.41) is 3.40. The molecule has 0 spiro atoms. The molecule has 0 fully saturated rings. The van der Waals surface area contributed by atoms with Crippen LogP contribution in [0.15, 0.2) is 42.5 Å². The number of anilines is 1. The molecule has 2 aromatic rings. The number of likely N-dealkylation sites (N-methyl/N-ethyl adjacent to an activating group) is 1. The number of methoxy groups -OCH3 is 1. The van der Waals surface area contributed by atoms with Gasteiger partial charge >= 0.3 is 0 Å². The summed E-state index contributed by atoms with van der Waals surface area (Å²) in [5.41, 5.74) is 1.65. The van der Waals surface area contributed by atoms with Crippen LogP contribution in [0.25, 0.3) is 0 Å². The molecule has 2 N–H and O–H groups in total. The van der Waals surface area contributed by atoms with Crippen LogP contribution < -0.4 is 19.7 Å². The number of carbonyl (C=O) groups is 1. The van der Waals surface area contributed by atoms with Gasteiger partial charge in [-0.2, -0.15) is 0 Å². The van der Waals surface area contributed by atoms with E-state index in [1.54, 1.807) is 25.3 Å². The summed E-state index contributed by atoms with van der Waals surface area (Å²) in [5.74, 6) is 1.34. The molecular formula is C19H24ClN2O3+. The first-order valence-corrected chi connectivity index (χ1v) is 8.56. The van der Waals surface area contributed by atoms with Gasteiger partial charge in [0, 0.05) is 10.6 Å². The minimum Gasteiger partial charge on any atom is -0.495 e. The van der Waals surface area contributed by atoms with Crippen molar-refractivity contribution >= 4 is 23.2 Å². The van der Waals surface area contributed by atoms with Crippen molar-refractivity contribution in [2.75, 3.05) is 32.6 Å². The molecule has 5 nitrogen and oxygen atoms in total. The number of nitrogens with one attached hydrogen (secondary N) is 2. The van der Waals surface area contributed by atoms with E-state index < -0.39 is 0 Å². The Morgan fingerprint density at radius 3 is 2.68 bits per heavy atom. The zero-order valence-corrected chi connectivity index (χ0v) is 15.5. The topological polar surface area (TPSA) is 52.0 Å². The molecule has 6 heteroatoms. The Labute approximate surface area is 153 Å². The highest BCUT2D eigenvalue weighted by atomic mass is 35.5. The number of para-hydroxylation sites is 1. The SMILES string of the molecule is CCOc1ccccc1C[NH+](C)CC(=O)Nc1cc(Cl)ccc1OC. The second-order valence-corrected chi connectivity index (χ2v) is 6.18. The van der Waals surface area contributed by atoms with Crippen molar-refractivity contribution in [3.05, 3.63) is 53.1 Å². The van der Waals surface area contributed by atoms with Crippen molar-refractivity contribution in [2.24, 2.45) is 0 Å². The van der Waals surface area contributed by atoms with Gasteiger partial charge in [-0.15, -0.1) is 0 Å². The Hall–Kier alpha value is -2.24. The molecule has 2 rings (SSSR count). The van der Waals surface area contributed by atoms with Crippen molar-refractivity contribution < 1.29 is 19.2 Å². The summed E-state index contributed by atoms with van der Waals surface area (Å²) in [6.07, 6.45) is 0. The van der Waals surface area contributed by atoms with Crippen LogP contribution in [0.1, 0.15) is 12.5 Å². The maximum Gasteiger partial charge on any atom is 0.279 e. The van der Waals surface area contributed by atoms with E-state index in [4.69, 9.17) is 21.1 Å². The Balaban J connectivity index is 1.98. The highest BCUT2D eigenvalue weighted by Gasteiger charge is 2.15. The quantitative estimate of drug-likeness (QED) is 0.757. The van der Waals surface area contributed by atoms with Crippen LogP contribution in [0, 0.1) is 0 Å². The van der Waals surface area contributed by atoms with Gasteiger partial charge in [-0.3, -0.25) is 4.79 Å². The molecule has 0 radical (unpaired) electrons. The number of benzene rings is 2. The molecule has 25 heavy (non-hydrogen) atoms. The molecular weight excluding hydrogens is 340 g/mol. The normalized spacial score (nSPS) is 11.7. The van der Waals surface area contributed by atoms with Crippen LogP contribution in [0.2, 0.25) is 5.02 Å². The fraction of sp³-hybridized carbons (Fsp3) is 0.316. The van der Waals surface area contributed by atoms with Gasteiger partial charge in [-0.1, -0.05) is 23.7 Å². The predicted octanol–water partition coefficient (Wildman–Crippen LogP) is 2.40. The van der Waals surface area contributed by atoms with E-state index in [1.807, 2.05) is 38.2 Å². The second kappa shape index (κ2) is 9.30. The third-order valence-corrected chi connectivity index (χ3v) is 3.90. The minimum atomic E-state index is -0.105. The zero-order valence-electron chi connectivity index (χ0n) is 14.8. The van der Waals surface area contributed by atoms with Gasteiger partial charge in [-0.05, 0) is 37.3 Å². The molecule has 0 aliphatic heterocycles. The van der Waals surface area contributed by atoms with E-state index >= 15 is 0 Å². The van der Waals surface area contributed by atoms with Gasteiger partial charge in [0.15, 0.2) is 6.54 Å². The smallest absolute Gasteiger partial charge is 0.279 e. The van der Waals surface area contributed by atoms with Gasteiger partial charge < -0.3 is 19.7 Å². The molecule has 134 valence electrons. The van der Waals surface area contributed by atoms with Gasteiger partial charge in [0.05, 0.1) is 26.5 Å². The van der Waals surface area contributed by atoms with E-state index in [9.17, 15) is 4.79 Å². The Bertz CT molecular complexity index is 722. The van der Waals surface area contributed by atoms with Crippen molar-refractivity contribution in [1.29, 1.82) is 0 Å². The molecule has 0 saturated heterocycles. The highest BCUT2D eigenvalue weighted by Crippen LogP contribution is 2.27. The van der Waals surface area contributed by atoms with Crippen molar-refractivity contribution in [3.63, 3.8) is 0 Å². The van der Waals surface area contributed by atoms with Gasteiger partial charge in [0.1, 0.15) is 18.0 Å². The Kier molecular flexibility index (Phi) is 7.10. The van der Waals surface area contributed by atoms with Crippen LogP contribution in [-0.2, 0) is 11.3 Å². The highest BCUT2D eigenvalue weighted by molar-refractivity contribution is 6.31. The number of amides is 1. The first-order valence-electron chi connectivity index (χ1n) is 8.18. The zero-order chi connectivity index (χ0) is 18.2. The van der Waals surface area contributed by atoms with E-state index in [2.05, 4.69) is 5.32 Å². The first-order chi connectivity index (χ1) is 12.0. The average Bonchev–Trinajstić information content (AvgIpc) is 2.57. The van der Waals surface area contributed by atoms with Gasteiger partial charge in [0.25, 0.3) is 5.91 Å². The number of hydrogen-bond acceptors (Lipinski definition) is 3. The fourth-order valence-electron chi connectivity index (χ4n) is 2.58. The van der Waals surface area contributed by atoms with Crippen LogP contribution in [0.4, 0.5) is 5.69 Å². The summed E-state index contributed by atoms with van der Waals surface area (Å²) in [6, 6.07) is 13.0. The summed E-state index contributed by atoms with van der Waals surface area (Å²) in [6.45, 7) is 3.58. The minimum absolute atomic E-state index is 0.105. The molecule has 0 aliphatic carbocycles. The number of quaternary nitrogens is 1. The number of halogens is 1. The predicted molar refractivity (Wildman–Crippen MR) is 99.7 cm³/mol. The summed E-state index contributed by atoms with van der Waals surface area (Å²) >= 11 is 5.99. The number of hydrogen-bond donors (Lipinski definition) is 2. The van der Waals surface area contributed by atoms with Crippen LogP contribution in [0.5, 0.6) is 11.5 Å². The van der Waals surface area contributed by atoms with E-state index in [0.717, 1.165) is 16.2 Å². The Morgan fingerprint density at radius 1 is 1.20 bits per heavy atom. The molecule has 1 amide bonds. The molecule has 0 aliphatic rings. The molecule has 1 atom stereocenters. The molecule has 0 aromatic heterocycles. The van der Waals surface area contributed by atoms with E-state index in [0.29, 0.717) is 36.2 Å². The summed E-state index contributed by atoms with van der Waals surface area (Å²) < 4.78 is 10.9. The Morgan fingerprint density at radius 2 is 1.96 bits per heavy atom. The van der Waals surface area contributed by atoms with Gasteiger partial charge in [0.2, 0.25) is 0 Å². The summed E-state index contributed by atoms with van der Waals surface area (Å²) in [7, 11) is 3.53. The third kappa shape index (κ3) is 5.66. The molecule has 0 heterocycles. The lowest BCUT2D eigenvalue weighted by Crippen LogP contribution is -3.08. The monoisotopic (exact) mass is 363 g/mol. The third-order valence-electron chi connectivity index (χ3n) is 3.66. The van der Waals surface area contributed by atoms with Crippen molar-refractivity contribution in [3.8, 4) is 11.5 Å². The average molecular weight is 364 g/mol. The maximum atomic E-state index is 12.3. The lowest BCUT2D eigenvalue weighted by Gasteiger charge is -2.17. The molecule has 1 unspecified atom stereocenters. The molecule has 2 aromatic carbocycles.